The number of aromatic nitrogens is 2. The molecule has 0 aliphatic heterocycles. The minimum absolute atomic E-state index is 0.248. The molecule has 0 aliphatic carbocycles. The molecule has 0 aliphatic rings. The number of aromatic amines is 1. The molecule has 0 fully saturated rings. The lowest BCUT2D eigenvalue weighted by Crippen LogP contribution is -2.24. The van der Waals surface area contributed by atoms with Crippen molar-refractivity contribution in [2.24, 2.45) is 0 Å². The normalized spacial score (nSPS) is 10.6. The SMILES string of the molecule is O=C(Nc1ccccc1C(=O)NCc1ccco1)c1cc(-c2cccc(Cl)c2)n[nH]1. The predicted octanol–water partition coefficient (Wildman–Crippen LogP) is 4.51. The van der Waals surface area contributed by atoms with Crippen molar-refractivity contribution in [2.45, 2.75) is 6.54 Å². The Kier molecular flexibility index (Phi) is 5.63. The molecule has 2 aromatic heterocycles. The monoisotopic (exact) mass is 420 g/mol. The first-order valence-corrected chi connectivity index (χ1v) is 9.50. The van der Waals surface area contributed by atoms with E-state index in [2.05, 4.69) is 20.8 Å². The Morgan fingerprint density at radius 1 is 1.00 bits per heavy atom. The Bertz CT molecular complexity index is 1180. The Hall–Kier alpha value is -3.84. The van der Waals surface area contributed by atoms with Gasteiger partial charge in [-0.15, -0.1) is 0 Å². The second-order valence-electron chi connectivity index (χ2n) is 6.44. The van der Waals surface area contributed by atoms with Crippen molar-refractivity contribution < 1.29 is 14.0 Å². The van der Waals surface area contributed by atoms with Gasteiger partial charge in [-0.2, -0.15) is 5.10 Å². The maximum atomic E-state index is 12.7. The Labute approximate surface area is 177 Å². The highest BCUT2D eigenvalue weighted by molar-refractivity contribution is 6.30. The first-order chi connectivity index (χ1) is 14.6. The van der Waals surface area contributed by atoms with E-state index in [9.17, 15) is 9.59 Å². The molecule has 0 radical (unpaired) electrons. The smallest absolute Gasteiger partial charge is 0.273 e. The number of carbonyl (C=O) groups excluding carboxylic acids is 2. The number of para-hydroxylation sites is 1. The van der Waals surface area contributed by atoms with E-state index in [1.54, 1.807) is 54.6 Å². The van der Waals surface area contributed by atoms with Crippen molar-refractivity contribution >= 4 is 29.1 Å². The van der Waals surface area contributed by atoms with Gasteiger partial charge in [-0.05, 0) is 42.5 Å². The molecule has 0 unspecified atom stereocenters. The van der Waals surface area contributed by atoms with E-state index in [0.717, 1.165) is 5.56 Å². The summed E-state index contributed by atoms with van der Waals surface area (Å²) in [6.07, 6.45) is 1.54. The average molecular weight is 421 g/mol. The first kappa shape index (κ1) is 19.5. The molecule has 150 valence electrons. The summed E-state index contributed by atoms with van der Waals surface area (Å²) in [4.78, 5) is 25.3. The highest BCUT2D eigenvalue weighted by Gasteiger charge is 2.16. The van der Waals surface area contributed by atoms with Crippen molar-refractivity contribution in [1.29, 1.82) is 0 Å². The van der Waals surface area contributed by atoms with Gasteiger partial charge in [0.05, 0.1) is 29.8 Å². The highest BCUT2D eigenvalue weighted by Crippen LogP contribution is 2.22. The standard InChI is InChI=1S/C22H17ClN4O3/c23-15-6-3-5-14(11-15)19-12-20(27-26-19)22(29)25-18-9-2-1-8-17(18)21(28)24-13-16-7-4-10-30-16/h1-12H,13H2,(H,24,28)(H,25,29)(H,26,27). The summed E-state index contributed by atoms with van der Waals surface area (Å²) >= 11 is 6.02. The summed E-state index contributed by atoms with van der Waals surface area (Å²) in [5.41, 5.74) is 2.36. The van der Waals surface area contributed by atoms with Crippen LogP contribution in [0.15, 0.2) is 77.4 Å². The number of hydrogen-bond donors (Lipinski definition) is 3. The van der Waals surface area contributed by atoms with Gasteiger partial charge in [0.1, 0.15) is 11.5 Å². The summed E-state index contributed by atoms with van der Waals surface area (Å²) in [6, 6.07) is 19.1. The zero-order valence-electron chi connectivity index (χ0n) is 15.7. The third-order valence-corrected chi connectivity index (χ3v) is 4.60. The van der Waals surface area contributed by atoms with Gasteiger partial charge >= 0.3 is 0 Å². The van der Waals surface area contributed by atoms with Gasteiger partial charge in [0.25, 0.3) is 11.8 Å². The van der Waals surface area contributed by atoms with Crippen LogP contribution in [0, 0.1) is 0 Å². The minimum atomic E-state index is -0.415. The minimum Gasteiger partial charge on any atom is -0.467 e. The van der Waals surface area contributed by atoms with Crippen molar-refractivity contribution in [1.82, 2.24) is 15.5 Å². The maximum Gasteiger partial charge on any atom is 0.273 e. The van der Waals surface area contributed by atoms with E-state index >= 15 is 0 Å². The summed E-state index contributed by atoms with van der Waals surface area (Å²) < 4.78 is 5.21. The Balaban J connectivity index is 1.48. The number of benzene rings is 2. The van der Waals surface area contributed by atoms with Crippen LogP contribution in [0.25, 0.3) is 11.3 Å². The molecule has 0 atom stereocenters. The first-order valence-electron chi connectivity index (χ1n) is 9.12. The van der Waals surface area contributed by atoms with E-state index < -0.39 is 5.91 Å². The summed E-state index contributed by atoms with van der Waals surface area (Å²) in [5, 5.41) is 13.0. The molecule has 4 aromatic rings. The molecule has 2 amide bonds. The van der Waals surface area contributed by atoms with Gasteiger partial charge < -0.3 is 15.1 Å². The second-order valence-corrected chi connectivity index (χ2v) is 6.88. The second kappa shape index (κ2) is 8.67. The fourth-order valence-corrected chi connectivity index (χ4v) is 3.08. The fourth-order valence-electron chi connectivity index (χ4n) is 2.89. The number of rotatable bonds is 6. The zero-order chi connectivity index (χ0) is 20.9. The van der Waals surface area contributed by atoms with Crippen LogP contribution < -0.4 is 10.6 Å². The molecule has 30 heavy (non-hydrogen) atoms. The van der Waals surface area contributed by atoms with E-state index in [1.165, 1.54) is 6.26 Å². The van der Waals surface area contributed by atoms with Crippen LogP contribution in [0.3, 0.4) is 0 Å². The molecule has 0 bridgehead atoms. The van der Waals surface area contributed by atoms with Crippen LogP contribution in [0.5, 0.6) is 0 Å². The van der Waals surface area contributed by atoms with Crippen LogP contribution in [0.2, 0.25) is 5.02 Å². The third kappa shape index (κ3) is 4.42. The van der Waals surface area contributed by atoms with Gasteiger partial charge in [0, 0.05) is 10.6 Å². The van der Waals surface area contributed by atoms with Gasteiger partial charge in [0.2, 0.25) is 0 Å². The molecule has 4 rings (SSSR count). The van der Waals surface area contributed by atoms with E-state index in [0.29, 0.717) is 27.7 Å². The van der Waals surface area contributed by atoms with Gasteiger partial charge in [-0.3, -0.25) is 14.7 Å². The van der Waals surface area contributed by atoms with E-state index in [4.69, 9.17) is 16.0 Å². The summed E-state index contributed by atoms with van der Waals surface area (Å²) in [7, 11) is 0. The van der Waals surface area contributed by atoms with Gasteiger partial charge in [-0.1, -0.05) is 35.9 Å². The number of halogens is 1. The Morgan fingerprint density at radius 2 is 1.87 bits per heavy atom. The van der Waals surface area contributed by atoms with Crippen molar-refractivity contribution in [3.8, 4) is 11.3 Å². The van der Waals surface area contributed by atoms with Gasteiger partial charge in [-0.25, -0.2) is 0 Å². The number of nitrogens with one attached hydrogen (secondary N) is 3. The fraction of sp³-hybridized carbons (Fsp3) is 0.0455. The molecule has 2 aromatic carbocycles. The lowest BCUT2D eigenvalue weighted by molar-refractivity contribution is 0.0949. The number of H-pyrrole nitrogens is 1. The molecule has 3 N–H and O–H groups in total. The van der Waals surface area contributed by atoms with Crippen LogP contribution >= 0.6 is 11.6 Å². The van der Waals surface area contributed by atoms with Gasteiger partial charge in [0.15, 0.2) is 0 Å². The molecule has 7 nitrogen and oxygen atoms in total. The molecule has 8 heteroatoms. The lowest BCUT2D eigenvalue weighted by Gasteiger charge is -2.10. The van der Waals surface area contributed by atoms with Crippen molar-refractivity contribution in [3.63, 3.8) is 0 Å². The zero-order valence-corrected chi connectivity index (χ0v) is 16.4. The van der Waals surface area contributed by atoms with Crippen LogP contribution in [-0.2, 0) is 6.54 Å². The summed E-state index contributed by atoms with van der Waals surface area (Å²) in [6.45, 7) is 0.248. The van der Waals surface area contributed by atoms with E-state index in [-0.39, 0.29) is 18.1 Å². The number of hydrogen-bond acceptors (Lipinski definition) is 4. The number of anilines is 1. The largest absolute Gasteiger partial charge is 0.467 e. The number of nitrogens with zero attached hydrogens (tertiary/aromatic N) is 1. The van der Waals surface area contributed by atoms with Crippen LogP contribution in [0.1, 0.15) is 26.6 Å². The van der Waals surface area contributed by atoms with Crippen molar-refractivity contribution in [3.05, 3.63) is 95.0 Å². The number of carbonyl (C=O) groups is 2. The quantitative estimate of drug-likeness (QED) is 0.427. The van der Waals surface area contributed by atoms with Crippen LogP contribution in [-0.4, -0.2) is 22.0 Å². The van der Waals surface area contributed by atoms with E-state index in [1.807, 2.05) is 12.1 Å². The number of furan rings is 1. The summed E-state index contributed by atoms with van der Waals surface area (Å²) in [5.74, 6) is -0.107. The third-order valence-electron chi connectivity index (χ3n) is 4.37. The average Bonchev–Trinajstić information content (AvgIpc) is 3.45. The lowest BCUT2D eigenvalue weighted by atomic mass is 10.1. The topological polar surface area (TPSA) is 100 Å². The Morgan fingerprint density at radius 3 is 2.67 bits per heavy atom. The maximum absolute atomic E-state index is 12.7. The molecule has 0 saturated heterocycles. The van der Waals surface area contributed by atoms with Crippen LogP contribution in [0.4, 0.5) is 5.69 Å². The molecule has 0 spiro atoms. The molecule has 2 heterocycles. The molecular weight excluding hydrogens is 404 g/mol. The number of amides is 2. The molecule has 0 saturated carbocycles. The van der Waals surface area contributed by atoms with Crippen molar-refractivity contribution in [2.75, 3.05) is 5.32 Å². The predicted molar refractivity (Wildman–Crippen MR) is 113 cm³/mol. The highest BCUT2D eigenvalue weighted by atomic mass is 35.5. The molecular formula is C22H17ClN4O3.